The molecule has 0 spiro atoms. The highest BCUT2D eigenvalue weighted by atomic mass is 16.3. The van der Waals surface area contributed by atoms with E-state index in [-0.39, 0.29) is 12.1 Å². The number of aromatic nitrogens is 5. The second kappa shape index (κ2) is 7.14. The number of urea groups is 1. The summed E-state index contributed by atoms with van der Waals surface area (Å²) in [4.78, 5) is 12.4. The number of amides is 2. The van der Waals surface area contributed by atoms with E-state index >= 15 is 0 Å². The maximum Gasteiger partial charge on any atom is 0.319 e. The molecule has 1 atom stereocenters. The average Bonchev–Trinajstić information content (AvgIpc) is 3.43. The van der Waals surface area contributed by atoms with Crippen LogP contribution in [0.1, 0.15) is 54.7 Å². The fourth-order valence-electron chi connectivity index (χ4n) is 4.11. The molecule has 1 aliphatic heterocycles. The van der Waals surface area contributed by atoms with Gasteiger partial charge in [-0.2, -0.15) is 5.10 Å². The molecule has 3 aromatic heterocycles. The Kier molecular flexibility index (Phi) is 4.34. The van der Waals surface area contributed by atoms with Gasteiger partial charge in [-0.25, -0.2) is 4.79 Å². The van der Waals surface area contributed by atoms with Crippen molar-refractivity contribution in [3.8, 4) is 0 Å². The molecular formula is C19H23N7O2. The molecule has 0 saturated heterocycles. The number of fused-ring (bicyclic) bond motifs is 2. The molecule has 1 unspecified atom stereocenters. The third-order valence-electron chi connectivity index (χ3n) is 5.49. The number of nitrogens with one attached hydrogen (secondary N) is 2. The summed E-state index contributed by atoms with van der Waals surface area (Å²) in [6.07, 6.45) is 11.3. The molecule has 2 N–H and O–H groups in total. The molecule has 9 heteroatoms. The van der Waals surface area contributed by atoms with Gasteiger partial charge in [-0.1, -0.05) is 0 Å². The third kappa shape index (κ3) is 3.28. The molecule has 3 aromatic rings. The van der Waals surface area contributed by atoms with Crippen molar-refractivity contribution in [2.24, 2.45) is 0 Å². The van der Waals surface area contributed by atoms with Crippen LogP contribution >= 0.6 is 0 Å². The number of aryl methyl sites for hydroxylation is 2. The summed E-state index contributed by atoms with van der Waals surface area (Å²) in [5.41, 5.74) is 1.73. The Bertz CT molecular complexity index is 986. The van der Waals surface area contributed by atoms with Gasteiger partial charge in [-0.3, -0.25) is 4.68 Å². The van der Waals surface area contributed by atoms with Crippen LogP contribution in [-0.4, -0.2) is 30.6 Å². The Morgan fingerprint density at radius 1 is 1.25 bits per heavy atom. The largest absolute Gasteiger partial charge is 0.469 e. The highest BCUT2D eigenvalue weighted by molar-refractivity contribution is 5.89. The molecule has 1 aliphatic carbocycles. The van der Waals surface area contributed by atoms with Crippen molar-refractivity contribution in [2.45, 2.75) is 57.7 Å². The van der Waals surface area contributed by atoms with Crippen molar-refractivity contribution < 1.29 is 9.21 Å². The normalized spacial score (nSPS) is 18.4. The lowest BCUT2D eigenvalue weighted by Crippen LogP contribution is -2.33. The van der Waals surface area contributed by atoms with E-state index < -0.39 is 0 Å². The summed E-state index contributed by atoms with van der Waals surface area (Å²) < 4.78 is 9.43. The molecule has 0 aromatic carbocycles. The molecule has 4 heterocycles. The molecule has 0 radical (unpaired) electrons. The Morgan fingerprint density at radius 3 is 3.18 bits per heavy atom. The van der Waals surface area contributed by atoms with Crippen LogP contribution < -0.4 is 10.6 Å². The van der Waals surface area contributed by atoms with E-state index in [1.807, 2.05) is 12.3 Å². The minimum absolute atomic E-state index is 0.0138. The molecule has 5 rings (SSSR count). The van der Waals surface area contributed by atoms with Crippen molar-refractivity contribution in [3.63, 3.8) is 0 Å². The first kappa shape index (κ1) is 17.0. The van der Waals surface area contributed by atoms with E-state index in [4.69, 9.17) is 4.42 Å². The molecule has 2 aliphatic rings. The number of carbonyl (C=O) groups is 1. The lowest BCUT2D eigenvalue weighted by atomic mass is 9.93. The molecule has 0 fully saturated rings. The number of carbonyl (C=O) groups excluding carboxylic acids is 1. The smallest absolute Gasteiger partial charge is 0.319 e. The lowest BCUT2D eigenvalue weighted by Gasteiger charge is -2.22. The molecule has 146 valence electrons. The number of furan rings is 1. The van der Waals surface area contributed by atoms with Gasteiger partial charge in [0.2, 0.25) is 0 Å². The highest BCUT2D eigenvalue weighted by Crippen LogP contribution is 2.30. The zero-order chi connectivity index (χ0) is 18.9. The summed E-state index contributed by atoms with van der Waals surface area (Å²) in [5.74, 6) is 2.93. The van der Waals surface area contributed by atoms with Crippen molar-refractivity contribution in [1.29, 1.82) is 0 Å². The molecular weight excluding hydrogens is 358 g/mol. The van der Waals surface area contributed by atoms with Crippen LogP contribution in [0, 0.1) is 0 Å². The van der Waals surface area contributed by atoms with Crippen LogP contribution in [0.4, 0.5) is 10.5 Å². The van der Waals surface area contributed by atoms with Gasteiger partial charge < -0.3 is 19.6 Å². The first-order chi connectivity index (χ1) is 13.8. The fraction of sp³-hybridized carbons (Fsp3) is 0.474. The van der Waals surface area contributed by atoms with E-state index in [1.54, 1.807) is 17.1 Å². The minimum atomic E-state index is -0.238. The van der Waals surface area contributed by atoms with Gasteiger partial charge in [-0.05, 0) is 31.7 Å². The summed E-state index contributed by atoms with van der Waals surface area (Å²) in [6, 6.07) is 1.69. The number of rotatable bonds is 4. The summed E-state index contributed by atoms with van der Waals surface area (Å²) in [6.45, 7) is 1.50. The van der Waals surface area contributed by atoms with Crippen molar-refractivity contribution in [1.82, 2.24) is 29.9 Å². The molecule has 2 amide bonds. The molecule has 9 nitrogen and oxygen atoms in total. The van der Waals surface area contributed by atoms with Crippen LogP contribution in [0.3, 0.4) is 0 Å². The highest BCUT2D eigenvalue weighted by Gasteiger charge is 2.24. The summed E-state index contributed by atoms with van der Waals surface area (Å²) in [5, 5.41) is 18.8. The average molecular weight is 381 g/mol. The van der Waals surface area contributed by atoms with E-state index in [0.717, 1.165) is 61.6 Å². The summed E-state index contributed by atoms with van der Waals surface area (Å²) >= 11 is 0. The van der Waals surface area contributed by atoms with E-state index in [1.165, 1.54) is 6.42 Å². The second-order valence-corrected chi connectivity index (χ2v) is 7.41. The zero-order valence-electron chi connectivity index (χ0n) is 15.6. The molecule has 0 bridgehead atoms. The third-order valence-corrected chi connectivity index (χ3v) is 5.49. The fourth-order valence-corrected chi connectivity index (χ4v) is 4.11. The topological polar surface area (TPSA) is 103 Å². The molecule has 28 heavy (non-hydrogen) atoms. The Labute approximate surface area is 162 Å². The van der Waals surface area contributed by atoms with Gasteiger partial charge in [0.05, 0.1) is 24.2 Å². The van der Waals surface area contributed by atoms with Crippen LogP contribution in [0.25, 0.3) is 0 Å². The standard InChI is InChI=1S/C19H23N7O2/c27-19(22-15-4-3-5-16-14(15)7-9-28-16)21-13-10-20-25(11-13)12-18-24-23-17-6-1-2-8-26(17)18/h7,9-11,15H,1-6,8,12H2,(H2,21,22,27). The monoisotopic (exact) mass is 381 g/mol. The van der Waals surface area contributed by atoms with Gasteiger partial charge in [0, 0.05) is 31.1 Å². The quantitative estimate of drug-likeness (QED) is 0.723. The van der Waals surface area contributed by atoms with Crippen molar-refractivity contribution in [3.05, 3.63) is 47.7 Å². The Morgan fingerprint density at radius 2 is 2.21 bits per heavy atom. The van der Waals surface area contributed by atoms with Gasteiger partial charge in [0.1, 0.15) is 18.1 Å². The van der Waals surface area contributed by atoms with E-state index in [2.05, 4.69) is 30.5 Å². The molecule has 0 saturated carbocycles. The number of nitrogens with zero attached hydrogens (tertiary/aromatic N) is 5. The SMILES string of the molecule is O=C(Nc1cnn(Cc2nnc3n2CCCC3)c1)NC1CCCc2occc21. The lowest BCUT2D eigenvalue weighted by molar-refractivity contribution is 0.246. The van der Waals surface area contributed by atoms with Gasteiger partial charge >= 0.3 is 6.03 Å². The number of hydrogen-bond donors (Lipinski definition) is 2. The minimum Gasteiger partial charge on any atom is -0.469 e. The van der Waals surface area contributed by atoms with E-state index in [9.17, 15) is 4.79 Å². The maximum atomic E-state index is 12.4. The van der Waals surface area contributed by atoms with Crippen molar-refractivity contribution in [2.75, 3.05) is 5.32 Å². The number of anilines is 1. The summed E-state index contributed by atoms with van der Waals surface area (Å²) in [7, 11) is 0. The Hall–Kier alpha value is -3.10. The Balaban J connectivity index is 1.21. The van der Waals surface area contributed by atoms with E-state index in [0.29, 0.717) is 12.2 Å². The van der Waals surface area contributed by atoms with Crippen molar-refractivity contribution >= 4 is 11.7 Å². The number of hydrogen-bond acceptors (Lipinski definition) is 5. The van der Waals surface area contributed by atoms with Crippen LogP contribution in [0.5, 0.6) is 0 Å². The predicted octanol–water partition coefficient (Wildman–Crippen LogP) is 2.65. The van der Waals surface area contributed by atoms with Gasteiger partial charge in [0.25, 0.3) is 0 Å². The van der Waals surface area contributed by atoms with Crippen LogP contribution in [-0.2, 0) is 25.9 Å². The first-order valence-electron chi connectivity index (χ1n) is 9.83. The predicted molar refractivity (Wildman–Crippen MR) is 101 cm³/mol. The zero-order valence-corrected chi connectivity index (χ0v) is 15.6. The van der Waals surface area contributed by atoms with Gasteiger partial charge in [-0.15, -0.1) is 10.2 Å². The second-order valence-electron chi connectivity index (χ2n) is 7.41. The maximum absolute atomic E-state index is 12.4. The van der Waals surface area contributed by atoms with Crippen LogP contribution in [0.15, 0.2) is 29.1 Å². The van der Waals surface area contributed by atoms with Crippen LogP contribution in [0.2, 0.25) is 0 Å². The van der Waals surface area contributed by atoms with Gasteiger partial charge in [0.15, 0.2) is 5.82 Å². The first-order valence-corrected chi connectivity index (χ1v) is 9.83.